The molecule has 9 nitrogen and oxygen atoms in total. The lowest BCUT2D eigenvalue weighted by atomic mass is 10.3. The Morgan fingerprint density at radius 3 is 2.63 bits per heavy atom. The van der Waals surface area contributed by atoms with Gasteiger partial charge in [-0.25, -0.2) is 17.6 Å². The van der Waals surface area contributed by atoms with Crippen LogP contribution in [0.15, 0.2) is 23.1 Å². The number of anilines is 1. The number of rotatable bonds is 7. The Bertz CT molecular complexity index is 781. The number of hydrogen-bond donors (Lipinski definition) is 3. The molecule has 0 radical (unpaired) electrons. The summed E-state index contributed by atoms with van der Waals surface area (Å²) in [6.45, 7) is 2.83. The largest absolute Gasteiger partial charge is 0.379 e. The third-order valence-corrected chi connectivity index (χ3v) is 5.67. The fourth-order valence-corrected chi connectivity index (χ4v) is 3.87. The molecule has 0 bridgehead atoms. The number of sulfonamides is 1. The fraction of sp³-hybridized carbons (Fsp3) is 0.500. The third-order valence-electron chi connectivity index (χ3n) is 3.76. The fourth-order valence-electron chi connectivity index (χ4n) is 2.37. The van der Waals surface area contributed by atoms with E-state index in [1.807, 2.05) is 6.92 Å². The minimum atomic E-state index is -4.01. The van der Waals surface area contributed by atoms with E-state index >= 15 is 0 Å². The summed E-state index contributed by atoms with van der Waals surface area (Å²) in [7, 11) is -4.01. The van der Waals surface area contributed by atoms with Gasteiger partial charge in [-0.05, 0) is 24.6 Å². The first-order valence-electron chi connectivity index (χ1n) is 8.53. The van der Waals surface area contributed by atoms with Crippen LogP contribution in [0.25, 0.3) is 0 Å². The van der Waals surface area contributed by atoms with Crippen molar-refractivity contribution in [3.8, 4) is 0 Å². The number of imide groups is 1. The van der Waals surface area contributed by atoms with Crippen molar-refractivity contribution in [3.05, 3.63) is 24.0 Å². The van der Waals surface area contributed by atoms with Crippen LogP contribution >= 0.6 is 0 Å². The molecule has 1 aliphatic heterocycles. The number of amides is 3. The molecule has 1 heterocycles. The second kappa shape index (κ2) is 9.62. The Hall–Kier alpha value is -2.24. The van der Waals surface area contributed by atoms with Gasteiger partial charge in [0.25, 0.3) is 0 Å². The lowest BCUT2D eigenvalue weighted by Crippen LogP contribution is -2.42. The molecule has 0 aromatic heterocycles. The van der Waals surface area contributed by atoms with E-state index in [2.05, 4.69) is 16.0 Å². The molecular formula is C16H23FN4O5S. The first-order chi connectivity index (χ1) is 12.8. The minimum absolute atomic E-state index is 0.148. The van der Waals surface area contributed by atoms with Crippen molar-refractivity contribution in [2.45, 2.75) is 18.2 Å². The Labute approximate surface area is 157 Å². The van der Waals surface area contributed by atoms with Gasteiger partial charge in [-0.3, -0.25) is 10.1 Å². The van der Waals surface area contributed by atoms with Crippen molar-refractivity contribution < 1.29 is 27.1 Å². The van der Waals surface area contributed by atoms with E-state index in [4.69, 9.17) is 4.74 Å². The number of carbonyl (C=O) groups excluding carboxylic acids is 2. The summed E-state index contributed by atoms with van der Waals surface area (Å²) >= 11 is 0. The van der Waals surface area contributed by atoms with Crippen molar-refractivity contribution >= 4 is 27.6 Å². The van der Waals surface area contributed by atoms with Crippen LogP contribution in [0.3, 0.4) is 0 Å². The van der Waals surface area contributed by atoms with Gasteiger partial charge in [0.05, 0.1) is 19.8 Å². The highest BCUT2D eigenvalue weighted by molar-refractivity contribution is 7.89. The number of carbonyl (C=O) groups is 2. The van der Waals surface area contributed by atoms with Gasteiger partial charge < -0.3 is 15.4 Å². The number of urea groups is 1. The minimum Gasteiger partial charge on any atom is -0.379 e. The van der Waals surface area contributed by atoms with Gasteiger partial charge >= 0.3 is 6.03 Å². The van der Waals surface area contributed by atoms with Crippen LogP contribution in [0, 0.1) is 5.82 Å². The van der Waals surface area contributed by atoms with Gasteiger partial charge in [-0.2, -0.15) is 4.31 Å². The summed E-state index contributed by atoms with van der Waals surface area (Å²) in [5.74, 6) is -1.49. The van der Waals surface area contributed by atoms with Gasteiger partial charge in [0.1, 0.15) is 10.7 Å². The molecule has 3 amide bonds. The van der Waals surface area contributed by atoms with Crippen LogP contribution in [0.5, 0.6) is 0 Å². The number of morpholine rings is 1. The summed E-state index contributed by atoms with van der Waals surface area (Å²) < 4.78 is 45.6. The molecule has 0 atom stereocenters. The highest BCUT2D eigenvalue weighted by Gasteiger charge is 2.29. The molecule has 1 aromatic carbocycles. The second-order valence-corrected chi connectivity index (χ2v) is 7.73. The molecule has 27 heavy (non-hydrogen) atoms. The first kappa shape index (κ1) is 21.1. The zero-order chi connectivity index (χ0) is 19.9. The maximum absolute atomic E-state index is 14.1. The number of nitrogens with zero attached hydrogens (tertiary/aromatic N) is 1. The van der Waals surface area contributed by atoms with Crippen LogP contribution in [0.1, 0.15) is 13.3 Å². The SMILES string of the molecule is CCCNC(=O)NC(=O)CNc1ccc(F)c(S(=O)(=O)N2CCOCC2)c1. The van der Waals surface area contributed by atoms with Gasteiger partial charge in [-0.15, -0.1) is 0 Å². The van der Waals surface area contributed by atoms with Gasteiger partial charge in [0, 0.05) is 25.3 Å². The molecule has 1 saturated heterocycles. The summed E-state index contributed by atoms with van der Waals surface area (Å²) in [4.78, 5) is 22.7. The average molecular weight is 402 g/mol. The van der Waals surface area contributed by atoms with Crippen molar-refractivity contribution in [2.75, 3.05) is 44.7 Å². The Morgan fingerprint density at radius 2 is 1.96 bits per heavy atom. The molecule has 2 rings (SSSR count). The summed E-state index contributed by atoms with van der Waals surface area (Å²) in [5, 5.41) is 7.30. The Balaban J connectivity index is 2.02. The van der Waals surface area contributed by atoms with Crippen LogP contribution in [0.2, 0.25) is 0 Å². The van der Waals surface area contributed by atoms with Crippen LogP contribution in [-0.4, -0.2) is 64.1 Å². The normalized spacial score (nSPS) is 15.2. The molecule has 1 aliphatic rings. The zero-order valence-electron chi connectivity index (χ0n) is 15.0. The maximum atomic E-state index is 14.1. The summed E-state index contributed by atoms with van der Waals surface area (Å²) in [6.07, 6.45) is 0.732. The summed E-state index contributed by atoms with van der Waals surface area (Å²) in [5.41, 5.74) is 0.243. The molecule has 3 N–H and O–H groups in total. The van der Waals surface area contributed by atoms with Gasteiger partial charge in [0.15, 0.2) is 0 Å². The number of benzene rings is 1. The third kappa shape index (κ3) is 5.88. The summed E-state index contributed by atoms with van der Waals surface area (Å²) in [6, 6.07) is 2.85. The number of nitrogens with one attached hydrogen (secondary N) is 3. The van der Waals surface area contributed by atoms with E-state index in [-0.39, 0.29) is 38.5 Å². The molecule has 0 unspecified atom stereocenters. The smallest absolute Gasteiger partial charge is 0.321 e. The van der Waals surface area contributed by atoms with E-state index in [0.29, 0.717) is 6.54 Å². The molecule has 0 aliphatic carbocycles. The molecule has 150 valence electrons. The van der Waals surface area contributed by atoms with Crippen molar-refractivity contribution in [3.63, 3.8) is 0 Å². The topological polar surface area (TPSA) is 117 Å². The van der Waals surface area contributed by atoms with E-state index < -0.39 is 32.7 Å². The zero-order valence-corrected chi connectivity index (χ0v) is 15.8. The molecular weight excluding hydrogens is 379 g/mol. The van der Waals surface area contributed by atoms with Crippen LogP contribution in [-0.2, 0) is 19.6 Å². The molecule has 1 aromatic rings. The molecule has 1 fully saturated rings. The van der Waals surface area contributed by atoms with Crippen molar-refractivity contribution in [1.29, 1.82) is 0 Å². The first-order valence-corrected chi connectivity index (χ1v) is 9.97. The maximum Gasteiger partial charge on any atom is 0.321 e. The highest BCUT2D eigenvalue weighted by Crippen LogP contribution is 2.23. The second-order valence-electron chi connectivity index (χ2n) is 5.82. The van der Waals surface area contributed by atoms with Crippen molar-refractivity contribution in [2.24, 2.45) is 0 Å². The Kier molecular flexibility index (Phi) is 7.51. The van der Waals surface area contributed by atoms with E-state index in [9.17, 15) is 22.4 Å². The molecule has 11 heteroatoms. The monoisotopic (exact) mass is 402 g/mol. The van der Waals surface area contributed by atoms with Crippen molar-refractivity contribution in [1.82, 2.24) is 14.9 Å². The van der Waals surface area contributed by atoms with Crippen LogP contribution < -0.4 is 16.0 Å². The van der Waals surface area contributed by atoms with Gasteiger partial charge in [-0.1, -0.05) is 6.92 Å². The quantitative estimate of drug-likeness (QED) is 0.611. The van der Waals surface area contributed by atoms with Gasteiger partial charge in [0.2, 0.25) is 15.9 Å². The predicted octanol–water partition coefficient (Wildman–Crippen LogP) is 0.494. The number of ether oxygens (including phenoxy) is 1. The average Bonchev–Trinajstić information content (AvgIpc) is 2.66. The lowest BCUT2D eigenvalue weighted by Gasteiger charge is -2.26. The standard InChI is InChI=1S/C16H23FN4O5S/c1-2-5-18-16(23)20-15(22)11-19-12-3-4-13(17)14(10-12)27(24,25)21-6-8-26-9-7-21/h3-4,10,19H,2,5-9,11H2,1H3,(H2,18,20,22,23). The predicted molar refractivity (Wildman–Crippen MR) is 96.3 cm³/mol. The van der Waals surface area contributed by atoms with E-state index in [0.717, 1.165) is 22.9 Å². The van der Waals surface area contributed by atoms with E-state index in [1.54, 1.807) is 0 Å². The number of halogens is 1. The number of hydrogen-bond acceptors (Lipinski definition) is 6. The molecule has 0 saturated carbocycles. The lowest BCUT2D eigenvalue weighted by molar-refractivity contribution is -0.118. The van der Waals surface area contributed by atoms with Crippen LogP contribution in [0.4, 0.5) is 14.9 Å². The highest BCUT2D eigenvalue weighted by atomic mass is 32.2. The molecule has 0 spiro atoms. The Morgan fingerprint density at radius 1 is 1.26 bits per heavy atom. The van der Waals surface area contributed by atoms with E-state index in [1.165, 1.54) is 6.07 Å².